The van der Waals surface area contributed by atoms with Crippen LogP contribution in [0.1, 0.15) is 34.3 Å². The average molecular weight is 280 g/mol. The van der Waals surface area contributed by atoms with Crippen LogP contribution < -0.4 is 5.73 Å². The van der Waals surface area contributed by atoms with Crippen molar-refractivity contribution in [3.05, 3.63) is 15.6 Å². The van der Waals surface area contributed by atoms with Crippen LogP contribution in [0.25, 0.3) is 0 Å². The van der Waals surface area contributed by atoms with Crippen LogP contribution in [0.4, 0.5) is 0 Å². The van der Waals surface area contributed by atoms with Gasteiger partial charge >= 0.3 is 0 Å². The molecule has 1 unspecified atom stereocenters. The maximum Gasteiger partial charge on any atom is 0.0947 e. The smallest absolute Gasteiger partial charge is 0.0947 e. The van der Waals surface area contributed by atoms with Crippen LogP contribution in [-0.2, 0) is 13.0 Å². The molecule has 0 bridgehead atoms. The first-order valence-corrected chi connectivity index (χ1v) is 8.06. The van der Waals surface area contributed by atoms with Crippen molar-refractivity contribution in [1.29, 1.82) is 0 Å². The van der Waals surface area contributed by atoms with E-state index < -0.39 is 0 Å². The fourth-order valence-electron chi connectivity index (χ4n) is 2.85. The van der Waals surface area contributed by atoms with Gasteiger partial charge in [-0.15, -0.1) is 11.3 Å². The zero-order chi connectivity index (χ0) is 13.4. The normalized spacial score (nSPS) is 25.9. The first-order valence-electron chi connectivity index (χ1n) is 7.24. The van der Waals surface area contributed by atoms with E-state index in [0.29, 0.717) is 12.6 Å². The van der Waals surface area contributed by atoms with Gasteiger partial charge in [-0.3, -0.25) is 0 Å². The predicted molar refractivity (Wildman–Crippen MR) is 79.6 cm³/mol. The molecule has 2 N–H and O–H groups in total. The number of aromatic nitrogens is 1. The van der Waals surface area contributed by atoms with E-state index in [0.717, 1.165) is 25.4 Å². The molecule has 0 amide bonds. The average Bonchev–Trinajstić information content (AvgIpc) is 3.16. The van der Waals surface area contributed by atoms with Gasteiger partial charge in [0.2, 0.25) is 0 Å². The summed E-state index contributed by atoms with van der Waals surface area (Å²) in [5, 5.41) is 1.29. The number of hydrogen-bond acceptors (Lipinski definition) is 5. The van der Waals surface area contributed by atoms with Crippen molar-refractivity contribution in [2.45, 2.75) is 37.8 Å². The number of rotatable bonds is 4. The third kappa shape index (κ3) is 2.99. The number of piperazine rings is 1. The summed E-state index contributed by atoms with van der Waals surface area (Å²) >= 11 is 1.84. The maximum atomic E-state index is 5.86. The van der Waals surface area contributed by atoms with Crippen molar-refractivity contribution in [3.63, 3.8) is 0 Å². The fraction of sp³-hybridized carbons (Fsp3) is 0.786. The van der Waals surface area contributed by atoms with E-state index in [1.165, 1.54) is 35.0 Å². The topological polar surface area (TPSA) is 45.4 Å². The largest absolute Gasteiger partial charge is 0.326 e. The second-order valence-electron chi connectivity index (χ2n) is 6.00. The van der Waals surface area contributed by atoms with E-state index in [2.05, 4.69) is 23.9 Å². The molecule has 0 radical (unpaired) electrons. The van der Waals surface area contributed by atoms with Gasteiger partial charge in [0, 0.05) is 49.4 Å². The zero-order valence-corrected chi connectivity index (χ0v) is 12.7. The number of nitrogens with two attached hydrogens (primary N) is 1. The second kappa shape index (κ2) is 5.48. The quantitative estimate of drug-likeness (QED) is 0.902. The summed E-state index contributed by atoms with van der Waals surface area (Å²) in [4.78, 5) is 11.1. The first-order chi connectivity index (χ1) is 9.17. The molecular weight excluding hydrogens is 256 g/mol. The summed E-state index contributed by atoms with van der Waals surface area (Å²) in [6.45, 7) is 4.13. The van der Waals surface area contributed by atoms with Crippen LogP contribution in [0, 0.1) is 0 Å². The summed E-state index contributed by atoms with van der Waals surface area (Å²) in [5.41, 5.74) is 7.18. The van der Waals surface area contributed by atoms with Crippen molar-refractivity contribution in [2.24, 2.45) is 5.73 Å². The highest BCUT2D eigenvalue weighted by Crippen LogP contribution is 2.42. The third-order valence-electron chi connectivity index (χ3n) is 4.31. The Labute approximate surface area is 119 Å². The monoisotopic (exact) mass is 280 g/mol. The summed E-state index contributed by atoms with van der Waals surface area (Å²) in [7, 11) is 4.44. The van der Waals surface area contributed by atoms with E-state index >= 15 is 0 Å². The second-order valence-corrected chi connectivity index (χ2v) is 7.16. The van der Waals surface area contributed by atoms with Crippen LogP contribution in [0.15, 0.2) is 0 Å². The Morgan fingerprint density at radius 3 is 2.79 bits per heavy atom. The van der Waals surface area contributed by atoms with Gasteiger partial charge in [-0.05, 0) is 26.9 Å². The van der Waals surface area contributed by atoms with Gasteiger partial charge in [-0.1, -0.05) is 0 Å². The molecule has 19 heavy (non-hydrogen) atoms. The van der Waals surface area contributed by atoms with Gasteiger partial charge in [-0.25, -0.2) is 4.98 Å². The molecule has 1 aromatic rings. The van der Waals surface area contributed by atoms with E-state index in [1.54, 1.807) is 0 Å². The molecule has 1 saturated carbocycles. The summed E-state index contributed by atoms with van der Waals surface area (Å²) < 4.78 is 0. The Bertz CT molecular complexity index is 441. The van der Waals surface area contributed by atoms with Gasteiger partial charge in [0.05, 0.1) is 10.7 Å². The van der Waals surface area contributed by atoms with Crippen molar-refractivity contribution >= 4 is 11.3 Å². The number of thiazole rings is 1. The van der Waals surface area contributed by atoms with Gasteiger partial charge in [-0.2, -0.15) is 0 Å². The van der Waals surface area contributed by atoms with E-state index in [4.69, 9.17) is 10.7 Å². The highest BCUT2D eigenvalue weighted by molar-refractivity contribution is 7.11. The van der Waals surface area contributed by atoms with Crippen LogP contribution in [0.2, 0.25) is 0 Å². The Kier molecular flexibility index (Phi) is 3.89. The summed E-state index contributed by atoms with van der Waals surface area (Å²) in [5.74, 6) is 0.718. The van der Waals surface area contributed by atoms with Crippen LogP contribution in [0.3, 0.4) is 0 Å². The lowest BCUT2D eigenvalue weighted by atomic mass is 10.1. The van der Waals surface area contributed by atoms with Crippen LogP contribution >= 0.6 is 11.3 Å². The predicted octanol–water partition coefficient (Wildman–Crippen LogP) is 1.27. The molecule has 1 aliphatic carbocycles. The van der Waals surface area contributed by atoms with E-state index in [1.807, 2.05) is 11.3 Å². The Morgan fingerprint density at radius 2 is 2.11 bits per heavy atom. The van der Waals surface area contributed by atoms with Gasteiger partial charge in [0.15, 0.2) is 0 Å². The molecule has 3 rings (SSSR count). The minimum Gasteiger partial charge on any atom is -0.326 e. The van der Waals surface area contributed by atoms with E-state index in [9.17, 15) is 0 Å². The van der Waals surface area contributed by atoms with Crippen LogP contribution in [-0.4, -0.2) is 54.6 Å². The van der Waals surface area contributed by atoms with Crippen molar-refractivity contribution in [2.75, 3.05) is 33.7 Å². The molecule has 5 heteroatoms. The Hall–Kier alpha value is -0.490. The minimum atomic E-state index is 0.600. The molecule has 1 atom stereocenters. The summed E-state index contributed by atoms with van der Waals surface area (Å²) in [6, 6.07) is 0.600. The van der Waals surface area contributed by atoms with E-state index in [-0.39, 0.29) is 0 Å². The van der Waals surface area contributed by atoms with Gasteiger partial charge in [0.25, 0.3) is 0 Å². The molecule has 2 aliphatic rings. The lowest BCUT2D eigenvalue weighted by Crippen LogP contribution is -2.50. The zero-order valence-electron chi connectivity index (χ0n) is 11.9. The lowest BCUT2D eigenvalue weighted by molar-refractivity contribution is 0.114. The molecule has 106 valence electrons. The molecule has 2 heterocycles. The van der Waals surface area contributed by atoms with Crippen molar-refractivity contribution < 1.29 is 0 Å². The minimum absolute atomic E-state index is 0.600. The number of likely N-dealkylation sites (N-methyl/N-ethyl adjacent to an activating group) is 2. The van der Waals surface area contributed by atoms with Crippen molar-refractivity contribution in [1.82, 2.24) is 14.8 Å². The standard InChI is InChI=1S/C14H24N4S/c1-17-5-6-18(2)11(9-17)7-13-16-14(10-3-4-10)12(8-15)19-13/h10-11H,3-9,15H2,1-2H3. The molecule has 1 aromatic heterocycles. The summed E-state index contributed by atoms with van der Waals surface area (Å²) in [6.07, 6.45) is 3.69. The molecule has 1 aliphatic heterocycles. The lowest BCUT2D eigenvalue weighted by Gasteiger charge is -2.37. The molecular formula is C14H24N4S. The number of hydrogen-bond donors (Lipinski definition) is 1. The van der Waals surface area contributed by atoms with Crippen molar-refractivity contribution in [3.8, 4) is 0 Å². The molecule has 4 nitrogen and oxygen atoms in total. The third-order valence-corrected chi connectivity index (χ3v) is 5.43. The van der Waals surface area contributed by atoms with Crippen LogP contribution in [0.5, 0.6) is 0 Å². The highest BCUT2D eigenvalue weighted by Gasteiger charge is 2.30. The Morgan fingerprint density at radius 1 is 1.32 bits per heavy atom. The molecule has 0 spiro atoms. The first kappa shape index (κ1) is 13.5. The number of nitrogens with zero attached hydrogens (tertiary/aromatic N) is 3. The fourth-order valence-corrected chi connectivity index (χ4v) is 3.95. The van der Waals surface area contributed by atoms with Gasteiger partial charge < -0.3 is 15.5 Å². The highest BCUT2D eigenvalue weighted by atomic mass is 32.1. The molecule has 0 aromatic carbocycles. The Balaban J connectivity index is 1.71. The maximum absolute atomic E-state index is 5.86. The SMILES string of the molecule is CN1CCN(C)C(Cc2nc(C3CC3)c(CN)s2)C1. The molecule has 1 saturated heterocycles. The van der Waals surface area contributed by atoms with Gasteiger partial charge in [0.1, 0.15) is 0 Å². The molecule has 2 fully saturated rings.